The van der Waals surface area contributed by atoms with Gasteiger partial charge < -0.3 is 4.74 Å². The van der Waals surface area contributed by atoms with Crippen LogP contribution < -0.4 is 4.90 Å². The van der Waals surface area contributed by atoms with Gasteiger partial charge in [0.25, 0.3) is 0 Å². The minimum atomic E-state index is -0.270. The molecule has 7 heteroatoms. The molecule has 0 unspecified atom stereocenters. The van der Waals surface area contributed by atoms with Crippen LogP contribution in [-0.4, -0.2) is 35.0 Å². The molecule has 1 aliphatic rings. The zero-order chi connectivity index (χ0) is 15.4. The predicted molar refractivity (Wildman–Crippen MR) is 78.0 cm³/mol. The van der Waals surface area contributed by atoms with Crippen LogP contribution in [0.2, 0.25) is 5.15 Å². The van der Waals surface area contributed by atoms with Crippen molar-refractivity contribution in [2.24, 2.45) is 5.92 Å². The van der Waals surface area contributed by atoms with E-state index in [1.165, 1.54) is 24.2 Å². The van der Waals surface area contributed by atoms with Gasteiger partial charge in [-0.05, 0) is 25.7 Å². The van der Waals surface area contributed by atoms with Crippen LogP contribution in [0.3, 0.4) is 0 Å². The highest BCUT2D eigenvalue weighted by atomic mass is 35.5. The molecule has 0 N–H and O–H groups in total. The van der Waals surface area contributed by atoms with E-state index >= 15 is 0 Å². The molecule has 1 heterocycles. The highest BCUT2D eigenvalue weighted by Gasteiger charge is 2.30. The lowest BCUT2D eigenvalue weighted by atomic mass is 9.86. The Morgan fingerprint density at radius 3 is 2.43 bits per heavy atom. The summed E-state index contributed by atoms with van der Waals surface area (Å²) in [4.78, 5) is 32.9. The van der Waals surface area contributed by atoms with Gasteiger partial charge in [0.1, 0.15) is 6.10 Å². The molecule has 114 valence electrons. The summed E-state index contributed by atoms with van der Waals surface area (Å²) in [6.45, 7) is 1.40. The lowest BCUT2D eigenvalue weighted by Gasteiger charge is -2.29. The molecular weight excluding hydrogens is 294 g/mol. The van der Waals surface area contributed by atoms with E-state index in [9.17, 15) is 9.59 Å². The van der Waals surface area contributed by atoms with Gasteiger partial charge in [-0.2, -0.15) is 0 Å². The third-order valence-corrected chi connectivity index (χ3v) is 3.91. The highest BCUT2D eigenvalue weighted by molar-refractivity contribution is 6.32. The van der Waals surface area contributed by atoms with Crippen molar-refractivity contribution in [3.63, 3.8) is 0 Å². The number of hydrogen-bond donors (Lipinski definition) is 0. The van der Waals surface area contributed by atoms with Gasteiger partial charge >= 0.3 is 5.97 Å². The van der Waals surface area contributed by atoms with Gasteiger partial charge in [-0.1, -0.05) is 11.6 Å². The van der Waals surface area contributed by atoms with E-state index in [1.54, 1.807) is 7.05 Å². The average Bonchev–Trinajstić information content (AvgIpc) is 2.46. The number of nitrogens with zero attached hydrogens (tertiary/aromatic N) is 3. The average molecular weight is 312 g/mol. The molecule has 0 bridgehead atoms. The van der Waals surface area contributed by atoms with E-state index in [0.717, 1.165) is 0 Å². The summed E-state index contributed by atoms with van der Waals surface area (Å²) in [6, 6.07) is 0. The second kappa shape index (κ2) is 6.85. The number of anilines is 1. The van der Waals surface area contributed by atoms with Gasteiger partial charge in [0.05, 0.1) is 0 Å². The number of ether oxygens (including phenoxy) is 1. The first-order chi connectivity index (χ1) is 9.99. The maximum absolute atomic E-state index is 12.5. The molecule has 1 aromatic rings. The SMILES string of the molecule is CC(=O)O[C@H]1CC[C@H](C(=O)N(C)c2nccnc2Cl)CC1. The number of aromatic nitrogens is 2. The van der Waals surface area contributed by atoms with Gasteiger partial charge in [-0.25, -0.2) is 9.97 Å². The van der Waals surface area contributed by atoms with Crippen molar-refractivity contribution < 1.29 is 14.3 Å². The van der Waals surface area contributed by atoms with E-state index in [2.05, 4.69) is 9.97 Å². The van der Waals surface area contributed by atoms with Gasteiger partial charge in [0.2, 0.25) is 5.91 Å². The van der Waals surface area contributed by atoms with E-state index in [4.69, 9.17) is 16.3 Å². The quantitative estimate of drug-likeness (QED) is 0.800. The Hall–Kier alpha value is -1.69. The van der Waals surface area contributed by atoms with Crippen LogP contribution in [0, 0.1) is 5.92 Å². The molecule has 0 aliphatic heterocycles. The fourth-order valence-corrected chi connectivity index (χ4v) is 2.81. The topological polar surface area (TPSA) is 72.4 Å². The number of carbonyl (C=O) groups is 2. The van der Waals surface area contributed by atoms with Crippen LogP contribution in [0.4, 0.5) is 5.82 Å². The fraction of sp³-hybridized carbons (Fsp3) is 0.571. The number of halogens is 1. The Kier molecular flexibility index (Phi) is 5.12. The molecule has 2 rings (SSSR count). The maximum atomic E-state index is 12.5. The van der Waals surface area contributed by atoms with Crippen LogP contribution >= 0.6 is 11.6 Å². The summed E-state index contributed by atoms with van der Waals surface area (Å²) in [5.41, 5.74) is 0. The van der Waals surface area contributed by atoms with Crippen molar-refractivity contribution in [1.29, 1.82) is 0 Å². The minimum absolute atomic E-state index is 0.0290. The Labute approximate surface area is 128 Å². The first-order valence-electron chi connectivity index (χ1n) is 6.90. The Morgan fingerprint density at radius 1 is 1.24 bits per heavy atom. The third kappa shape index (κ3) is 3.91. The summed E-state index contributed by atoms with van der Waals surface area (Å²) in [6.07, 6.45) is 5.71. The monoisotopic (exact) mass is 311 g/mol. The summed E-state index contributed by atoms with van der Waals surface area (Å²) in [7, 11) is 1.65. The van der Waals surface area contributed by atoms with E-state index < -0.39 is 0 Å². The largest absolute Gasteiger partial charge is 0.463 e. The second-order valence-corrected chi connectivity index (χ2v) is 5.51. The summed E-state index contributed by atoms with van der Waals surface area (Å²) in [5, 5.41) is 0.210. The van der Waals surface area contributed by atoms with Crippen LogP contribution in [0.25, 0.3) is 0 Å². The molecule has 1 aliphatic carbocycles. The van der Waals surface area contributed by atoms with Gasteiger partial charge in [-0.3, -0.25) is 14.5 Å². The molecule has 1 fully saturated rings. The second-order valence-electron chi connectivity index (χ2n) is 5.15. The van der Waals surface area contributed by atoms with Crippen LogP contribution in [0.15, 0.2) is 12.4 Å². The van der Waals surface area contributed by atoms with Crippen molar-refractivity contribution in [3.8, 4) is 0 Å². The van der Waals surface area contributed by atoms with E-state index in [0.29, 0.717) is 31.5 Å². The predicted octanol–water partition coefficient (Wildman–Crippen LogP) is 2.21. The van der Waals surface area contributed by atoms with Crippen LogP contribution in [0.1, 0.15) is 32.6 Å². The van der Waals surface area contributed by atoms with Gasteiger partial charge in [0, 0.05) is 32.3 Å². The van der Waals surface area contributed by atoms with Crippen molar-refractivity contribution in [3.05, 3.63) is 17.5 Å². The van der Waals surface area contributed by atoms with Gasteiger partial charge in [0.15, 0.2) is 11.0 Å². The summed E-state index contributed by atoms with van der Waals surface area (Å²) in [5.74, 6) is -0.0296. The summed E-state index contributed by atoms with van der Waals surface area (Å²) >= 11 is 5.96. The molecule has 1 amide bonds. The lowest BCUT2D eigenvalue weighted by molar-refractivity contribution is -0.148. The zero-order valence-corrected chi connectivity index (χ0v) is 12.8. The smallest absolute Gasteiger partial charge is 0.302 e. The molecule has 0 atom stereocenters. The molecule has 0 saturated heterocycles. The fourth-order valence-electron chi connectivity index (χ4n) is 2.58. The van der Waals surface area contributed by atoms with Crippen molar-refractivity contribution in [1.82, 2.24) is 9.97 Å². The number of hydrogen-bond acceptors (Lipinski definition) is 5. The van der Waals surface area contributed by atoms with E-state index in [1.807, 2.05) is 0 Å². The zero-order valence-electron chi connectivity index (χ0n) is 12.1. The van der Waals surface area contributed by atoms with Crippen molar-refractivity contribution >= 4 is 29.3 Å². The number of rotatable bonds is 3. The maximum Gasteiger partial charge on any atom is 0.302 e. The molecule has 6 nitrogen and oxygen atoms in total. The Morgan fingerprint density at radius 2 is 1.86 bits per heavy atom. The normalized spacial score (nSPS) is 21.7. The van der Waals surface area contributed by atoms with Crippen molar-refractivity contribution in [2.45, 2.75) is 38.7 Å². The third-order valence-electron chi connectivity index (χ3n) is 3.64. The molecular formula is C14H18ClN3O3. The molecule has 21 heavy (non-hydrogen) atoms. The molecule has 1 saturated carbocycles. The number of carbonyl (C=O) groups excluding carboxylic acids is 2. The Bertz CT molecular complexity index is 530. The number of esters is 1. The standard InChI is InChI=1S/C14H18ClN3O3/c1-9(19)21-11-5-3-10(4-6-11)14(20)18(2)13-12(15)16-7-8-17-13/h7-8,10-11H,3-6H2,1-2H3/t10-,11-. The van der Waals surface area contributed by atoms with Crippen LogP contribution in [-0.2, 0) is 14.3 Å². The summed E-state index contributed by atoms with van der Waals surface area (Å²) < 4.78 is 5.18. The first kappa shape index (κ1) is 15.7. The Balaban J connectivity index is 1.96. The first-order valence-corrected chi connectivity index (χ1v) is 7.28. The minimum Gasteiger partial charge on any atom is -0.463 e. The van der Waals surface area contributed by atoms with Gasteiger partial charge in [-0.15, -0.1) is 0 Å². The molecule has 0 spiro atoms. The van der Waals surface area contributed by atoms with Crippen molar-refractivity contribution in [2.75, 3.05) is 11.9 Å². The number of amides is 1. The lowest BCUT2D eigenvalue weighted by Crippen LogP contribution is -2.37. The molecule has 0 radical (unpaired) electrons. The highest BCUT2D eigenvalue weighted by Crippen LogP contribution is 2.29. The van der Waals surface area contributed by atoms with Crippen LogP contribution in [0.5, 0.6) is 0 Å². The van der Waals surface area contributed by atoms with E-state index in [-0.39, 0.29) is 29.1 Å². The molecule has 0 aromatic carbocycles. The molecule has 1 aromatic heterocycles.